The van der Waals surface area contributed by atoms with Gasteiger partial charge in [-0.1, -0.05) is 35.3 Å². The highest BCUT2D eigenvalue weighted by Gasteiger charge is 2.28. The molecule has 0 bridgehead atoms. The molecule has 2 aromatic carbocycles. The van der Waals surface area contributed by atoms with Crippen LogP contribution in [0.15, 0.2) is 54.7 Å². The molecule has 0 N–H and O–H groups in total. The molecule has 3 rings (SSSR count). The number of imide groups is 1. The van der Waals surface area contributed by atoms with Crippen molar-refractivity contribution >= 4 is 40.8 Å². The fourth-order valence-corrected chi connectivity index (χ4v) is 3.01. The zero-order valence-electron chi connectivity index (χ0n) is 15.7. The Kier molecular flexibility index (Phi) is 5.82. The van der Waals surface area contributed by atoms with Gasteiger partial charge in [0.1, 0.15) is 5.82 Å². The minimum absolute atomic E-state index is 0.239. The van der Waals surface area contributed by atoms with E-state index >= 15 is 0 Å². The van der Waals surface area contributed by atoms with Crippen LogP contribution in [-0.4, -0.2) is 16.8 Å². The molecule has 1 heterocycles. The Balaban J connectivity index is 2.11. The van der Waals surface area contributed by atoms with Gasteiger partial charge in [0.05, 0.1) is 0 Å². The number of rotatable bonds is 3. The van der Waals surface area contributed by atoms with Crippen LogP contribution in [0.25, 0.3) is 0 Å². The van der Waals surface area contributed by atoms with Crippen molar-refractivity contribution in [2.24, 2.45) is 0 Å². The van der Waals surface area contributed by atoms with Crippen molar-refractivity contribution in [2.45, 2.75) is 20.8 Å². The van der Waals surface area contributed by atoms with Crippen molar-refractivity contribution in [3.63, 3.8) is 0 Å². The number of carbonyl (C=O) groups is 2. The van der Waals surface area contributed by atoms with E-state index in [2.05, 4.69) is 4.98 Å². The van der Waals surface area contributed by atoms with Crippen molar-refractivity contribution in [1.82, 2.24) is 4.98 Å². The highest BCUT2D eigenvalue weighted by molar-refractivity contribution is 6.33. The molecule has 3 aromatic rings. The van der Waals surface area contributed by atoms with Gasteiger partial charge in [-0.3, -0.25) is 9.59 Å². The molecule has 0 saturated heterocycles. The first-order chi connectivity index (χ1) is 13.3. The first-order valence-corrected chi connectivity index (χ1v) is 9.37. The summed E-state index contributed by atoms with van der Waals surface area (Å²) in [5, 5.41) is 0.905. The van der Waals surface area contributed by atoms with Crippen LogP contribution in [0.1, 0.15) is 37.4 Å². The molecule has 0 aliphatic carbocycles. The van der Waals surface area contributed by atoms with Gasteiger partial charge in [0.15, 0.2) is 0 Å². The Labute approximate surface area is 173 Å². The Morgan fingerprint density at radius 1 is 0.786 bits per heavy atom. The number of hydrogen-bond acceptors (Lipinski definition) is 3. The van der Waals surface area contributed by atoms with Gasteiger partial charge >= 0.3 is 0 Å². The fraction of sp³-hybridized carbons (Fsp3) is 0.136. The van der Waals surface area contributed by atoms with Gasteiger partial charge in [-0.05, 0) is 73.9 Å². The zero-order valence-corrected chi connectivity index (χ0v) is 17.2. The molecule has 4 nitrogen and oxygen atoms in total. The minimum Gasteiger partial charge on any atom is -0.268 e. The molecule has 6 heteroatoms. The maximum absolute atomic E-state index is 13.3. The molecule has 2 amide bonds. The van der Waals surface area contributed by atoms with Crippen molar-refractivity contribution < 1.29 is 9.59 Å². The van der Waals surface area contributed by atoms with Crippen LogP contribution >= 0.6 is 23.2 Å². The number of pyridine rings is 1. The third-order valence-corrected chi connectivity index (χ3v) is 5.19. The van der Waals surface area contributed by atoms with Crippen LogP contribution in [0.3, 0.4) is 0 Å². The smallest absolute Gasteiger partial charge is 0.266 e. The molecule has 0 unspecified atom stereocenters. The quantitative estimate of drug-likeness (QED) is 0.510. The number of carbonyl (C=O) groups excluding carboxylic acids is 2. The number of aryl methyl sites for hydroxylation is 3. The van der Waals surface area contributed by atoms with E-state index in [9.17, 15) is 9.59 Å². The van der Waals surface area contributed by atoms with Crippen LogP contribution in [0.5, 0.6) is 0 Å². The maximum atomic E-state index is 13.3. The molecule has 28 heavy (non-hydrogen) atoms. The summed E-state index contributed by atoms with van der Waals surface area (Å²) in [6, 6.07) is 13.3. The Morgan fingerprint density at radius 2 is 1.29 bits per heavy atom. The lowest BCUT2D eigenvalue weighted by Crippen LogP contribution is -2.37. The molecular weight excluding hydrogens is 395 g/mol. The number of hydrogen-bond donors (Lipinski definition) is 0. The van der Waals surface area contributed by atoms with Gasteiger partial charge in [0.25, 0.3) is 11.8 Å². The van der Waals surface area contributed by atoms with Crippen LogP contribution in [-0.2, 0) is 0 Å². The van der Waals surface area contributed by atoms with Crippen molar-refractivity contribution in [3.05, 3.63) is 92.6 Å². The van der Waals surface area contributed by atoms with Crippen molar-refractivity contribution in [2.75, 3.05) is 4.90 Å². The minimum atomic E-state index is -0.512. The Hall–Kier alpha value is -2.69. The first kappa shape index (κ1) is 20.1. The summed E-state index contributed by atoms with van der Waals surface area (Å²) in [4.78, 5) is 31.8. The van der Waals surface area contributed by atoms with Gasteiger partial charge in [-0.25, -0.2) is 9.88 Å². The average molecular weight is 413 g/mol. The monoisotopic (exact) mass is 412 g/mol. The van der Waals surface area contributed by atoms with Crippen LogP contribution in [0, 0.1) is 20.8 Å². The molecule has 0 fully saturated rings. The predicted molar refractivity (Wildman–Crippen MR) is 112 cm³/mol. The van der Waals surface area contributed by atoms with E-state index in [4.69, 9.17) is 23.2 Å². The van der Waals surface area contributed by atoms with Crippen LogP contribution in [0.2, 0.25) is 10.0 Å². The molecule has 0 radical (unpaired) electrons. The van der Waals surface area contributed by atoms with Gasteiger partial charge < -0.3 is 0 Å². The largest absolute Gasteiger partial charge is 0.268 e. The zero-order chi connectivity index (χ0) is 20.4. The molecule has 0 aliphatic heterocycles. The highest BCUT2D eigenvalue weighted by Crippen LogP contribution is 2.24. The standard InChI is InChI=1S/C22H18Cl2N2O2/c1-13-8-9-25-20(10-13)26(21(27)16-6-4-14(2)18(23)11-16)22(28)17-7-5-15(3)19(24)12-17/h4-12H,1-3H3. The summed E-state index contributed by atoms with van der Waals surface area (Å²) < 4.78 is 0. The summed E-state index contributed by atoms with van der Waals surface area (Å²) in [7, 11) is 0. The molecule has 0 spiro atoms. The second kappa shape index (κ2) is 8.13. The van der Waals surface area contributed by atoms with Gasteiger partial charge in [-0.2, -0.15) is 0 Å². The summed E-state index contributed by atoms with van der Waals surface area (Å²) >= 11 is 12.4. The summed E-state index contributed by atoms with van der Waals surface area (Å²) in [6.45, 7) is 5.55. The number of amides is 2. The van der Waals surface area contributed by atoms with E-state index < -0.39 is 11.8 Å². The number of benzene rings is 2. The SMILES string of the molecule is Cc1ccnc(N(C(=O)c2ccc(C)c(Cl)c2)C(=O)c2ccc(C)c(Cl)c2)c1. The third-order valence-electron chi connectivity index (χ3n) is 4.37. The number of nitrogens with zero attached hydrogens (tertiary/aromatic N) is 2. The number of anilines is 1. The van der Waals surface area contributed by atoms with Crippen molar-refractivity contribution in [1.29, 1.82) is 0 Å². The van der Waals surface area contributed by atoms with Gasteiger partial charge in [-0.15, -0.1) is 0 Å². The molecule has 0 saturated carbocycles. The average Bonchev–Trinajstić information content (AvgIpc) is 2.66. The molecule has 1 aromatic heterocycles. The lowest BCUT2D eigenvalue weighted by molar-refractivity contribution is 0.0896. The van der Waals surface area contributed by atoms with Crippen molar-refractivity contribution in [3.8, 4) is 0 Å². The Morgan fingerprint density at radius 3 is 1.71 bits per heavy atom. The van der Waals surface area contributed by atoms with Gasteiger partial charge in [0, 0.05) is 27.4 Å². The second-order valence-corrected chi connectivity index (χ2v) is 7.38. The van der Waals surface area contributed by atoms with E-state index in [0.717, 1.165) is 21.6 Å². The third kappa shape index (κ3) is 4.08. The number of aromatic nitrogens is 1. The maximum Gasteiger partial charge on any atom is 0.266 e. The Bertz CT molecular complexity index is 1020. The van der Waals surface area contributed by atoms with E-state index in [1.54, 1.807) is 54.7 Å². The summed E-state index contributed by atoms with van der Waals surface area (Å²) in [5.41, 5.74) is 3.15. The molecular formula is C22H18Cl2N2O2. The number of halogens is 2. The lowest BCUT2D eigenvalue weighted by Gasteiger charge is -2.21. The summed E-state index contributed by atoms with van der Waals surface area (Å²) in [6.07, 6.45) is 1.56. The van der Waals surface area contributed by atoms with Crippen LogP contribution < -0.4 is 4.90 Å². The lowest BCUT2D eigenvalue weighted by atomic mass is 10.1. The molecule has 0 aliphatic rings. The topological polar surface area (TPSA) is 50.3 Å². The van der Waals surface area contributed by atoms with E-state index in [-0.39, 0.29) is 5.82 Å². The summed E-state index contributed by atoms with van der Waals surface area (Å²) in [5.74, 6) is -0.785. The normalized spacial score (nSPS) is 10.6. The van der Waals surface area contributed by atoms with Crippen LogP contribution in [0.4, 0.5) is 5.82 Å². The second-order valence-electron chi connectivity index (χ2n) is 6.57. The van der Waals surface area contributed by atoms with E-state index in [1.165, 1.54) is 0 Å². The van der Waals surface area contributed by atoms with E-state index in [1.807, 2.05) is 20.8 Å². The van der Waals surface area contributed by atoms with E-state index in [0.29, 0.717) is 21.2 Å². The highest BCUT2D eigenvalue weighted by atomic mass is 35.5. The fourth-order valence-electron chi connectivity index (χ4n) is 2.65. The van der Waals surface area contributed by atoms with Gasteiger partial charge in [0.2, 0.25) is 0 Å². The molecule has 0 atom stereocenters. The first-order valence-electron chi connectivity index (χ1n) is 8.61. The molecule has 142 valence electrons. The predicted octanol–water partition coefficient (Wildman–Crippen LogP) is 5.80.